The molecular formula is C12H8ClN3O4. The second kappa shape index (κ2) is 5.54. The van der Waals surface area contributed by atoms with Gasteiger partial charge in [-0.3, -0.25) is 4.79 Å². The third kappa shape index (κ3) is 3.01. The SMILES string of the molecule is O=C(Nc1ccc(C(=O)O)c(O)c1)c1cnc(Cl)cn1. The van der Waals surface area contributed by atoms with Crippen LogP contribution in [0.4, 0.5) is 5.69 Å². The predicted octanol–water partition coefficient (Wildman–Crippen LogP) is 1.79. The van der Waals surface area contributed by atoms with Crippen LogP contribution in [-0.2, 0) is 0 Å². The summed E-state index contributed by atoms with van der Waals surface area (Å²) in [6, 6.07) is 3.66. The van der Waals surface area contributed by atoms with E-state index >= 15 is 0 Å². The van der Waals surface area contributed by atoms with Gasteiger partial charge in [0.05, 0.1) is 12.4 Å². The number of anilines is 1. The fourth-order valence-corrected chi connectivity index (χ4v) is 1.51. The van der Waals surface area contributed by atoms with Crippen molar-refractivity contribution in [3.05, 3.63) is 47.0 Å². The minimum Gasteiger partial charge on any atom is -0.507 e. The summed E-state index contributed by atoms with van der Waals surface area (Å²) in [6.07, 6.45) is 2.42. The van der Waals surface area contributed by atoms with Crippen LogP contribution >= 0.6 is 11.6 Å². The van der Waals surface area contributed by atoms with Gasteiger partial charge >= 0.3 is 5.97 Å². The number of benzene rings is 1. The van der Waals surface area contributed by atoms with Crippen molar-refractivity contribution < 1.29 is 19.8 Å². The van der Waals surface area contributed by atoms with Crippen LogP contribution < -0.4 is 5.32 Å². The minimum absolute atomic E-state index is 0.0381. The van der Waals surface area contributed by atoms with Crippen LogP contribution in [0.25, 0.3) is 0 Å². The van der Waals surface area contributed by atoms with E-state index in [4.69, 9.17) is 16.7 Å². The summed E-state index contributed by atoms with van der Waals surface area (Å²) in [4.78, 5) is 30.0. The van der Waals surface area contributed by atoms with Gasteiger partial charge in [-0.2, -0.15) is 0 Å². The summed E-state index contributed by atoms with van der Waals surface area (Å²) in [5, 5.41) is 20.9. The summed E-state index contributed by atoms with van der Waals surface area (Å²) in [7, 11) is 0. The maximum Gasteiger partial charge on any atom is 0.339 e. The Kier molecular flexibility index (Phi) is 3.81. The van der Waals surface area contributed by atoms with Crippen molar-refractivity contribution in [2.24, 2.45) is 0 Å². The van der Waals surface area contributed by atoms with E-state index in [2.05, 4.69) is 15.3 Å². The van der Waals surface area contributed by atoms with Crippen molar-refractivity contribution in [1.82, 2.24) is 9.97 Å². The van der Waals surface area contributed by atoms with Crippen LogP contribution in [0.2, 0.25) is 5.15 Å². The molecule has 3 N–H and O–H groups in total. The molecule has 0 aliphatic carbocycles. The fraction of sp³-hybridized carbons (Fsp3) is 0. The predicted molar refractivity (Wildman–Crippen MR) is 70.1 cm³/mol. The summed E-state index contributed by atoms with van der Waals surface area (Å²) >= 11 is 5.55. The Morgan fingerprint density at radius 1 is 1.20 bits per heavy atom. The van der Waals surface area contributed by atoms with E-state index in [9.17, 15) is 14.7 Å². The van der Waals surface area contributed by atoms with E-state index in [0.29, 0.717) is 0 Å². The Bertz CT molecular complexity index is 673. The largest absolute Gasteiger partial charge is 0.507 e. The van der Waals surface area contributed by atoms with Gasteiger partial charge in [0.1, 0.15) is 22.2 Å². The Labute approximate surface area is 117 Å². The lowest BCUT2D eigenvalue weighted by molar-refractivity contribution is 0.0693. The first-order valence-electron chi connectivity index (χ1n) is 5.32. The number of amides is 1. The van der Waals surface area contributed by atoms with Crippen molar-refractivity contribution in [3.63, 3.8) is 0 Å². The van der Waals surface area contributed by atoms with Crippen LogP contribution in [0.3, 0.4) is 0 Å². The number of aromatic carboxylic acids is 1. The number of rotatable bonds is 3. The number of carboxylic acids is 1. The number of carbonyl (C=O) groups excluding carboxylic acids is 1. The number of phenols is 1. The van der Waals surface area contributed by atoms with E-state index in [1.807, 2.05) is 0 Å². The molecule has 0 fully saturated rings. The molecule has 1 aromatic heterocycles. The molecule has 2 aromatic rings. The first kappa shape index (κ1) is 13.8. The molecule has 7 nitrogen and oxygen atoms in total. The summed E-state index contributed by atoms with van der Waals surface area (Å²) < 4.78 is 0. The number of hydrogen-bond donors (Lipinski definition) is 3. The number of halogens is 1. The Morgan fingerprint density at radius 2 is 1.95 bits per heavy atom. The zero-order chi connectivity index (χ0) is 14.7. The van der Waals surface area contributed by atoms with Crippen LogP contribution in [0.5, 0.6) is 5.75 Å². The highest BCUT2D eigenvalue weighted by Gasteiger charge is 2.12. The smallest absolute Gasteiger partial charge is 0.339 e. The van der Waals surface area contributed by atoms with Gasteiger partial charge in [-0.25, -0.2) is 14.8 Å². The number of aromatic nitrogens is 2. The van der Waals surface area contributed by atoms with Crippen molar-refractivity contribution in [2.45, 2.75) is 0 Å². The summed E-state index contributed by atoms with van der Waals surface area (Å²) in [5.41, 5.74) is 0.0136. The van der Waals surface area contributed by atoms with E-state index in [1.54, 1.807) is 0 Å². The molecule has 0 saturated carbocycles. The molecule has 102 valence electrons. The fourth-order valence-electron chi connectivity index (χ4n) is 1.41. The van der Waals surface area contributed by atoms with Gasteiger partial charge in [0.2, 0.25) is 0 Å². The second-order valence-corrected chi connectivity index (χ2v) is 4.10. The molecule has 0 radical (unpaired) electrons. The maximum atomic E-state index is 11.8. The first-order chi connectivity index (χ1) is 9.47. The molecule has 1 heterocycles. The Hall–Kier alpha value is -2.67. The Morgan fingerprint density at radius 3 is 2.50 bits per heavy atom. The van der Waals surface area contributed by atoms with Gasteiger partial charge < -0.3 is 15.5 Å². The molecule has 0 unspecified atom stereocenters. The van der Waals surface area contributed by atoms with E-state index in [-0.39, 0.29) is 22.1 Å². The molecule has 20 heavy (non-hydrogen) atoms. The molecule has 2 rings (SSSR count). The monoisotopic (exact) mass is 293 g/mol. The number of aromatic hydroxyl groups is 1. The van der Waals surface area contributed by atoms with Crippen LogP contribution in [0, 0.1) is 0 Å². The van der Waals surface area contributed by atoms with Crippen molar-refractivity contribution in [2.75, 3.05) is 5.32 Å². The van der Waals surface area contributed by atoms with Crippen molar-refractivity contribution >= 4 is 29.2 Å². The van der Waals surface area contributed by atoms with Gasteiger partial charge in [-0.05, 0) is 12.1 Å². The zero-order valence-corrected chi connectivity index (χ0v) is 10.6. The van der Waals surface area contributed by atoms with E-state index in [1.165, 1.54) is 24.5 Å². The highest BCUT2D eigenvalue weighted by molar-refractivity contribution is 6.29. The van der Waals surface area contributed by atoms with Gasteiger partial charge in [0.15, 0.2) is 0 Å². The average molecular weight is 294 g/mol. The number of hydrogen-bond acceptors (Lipinski definition) is 5. The Balaban J connectivity index is 2.18. The molecule has 1 aromatic carbocycles. The molecule has 1 amide bonds. The third-order valence-electron chi connectivity index (χ3n) is 2.34. The van der Waals surface area contributed by atoms with Crippen LogP contribution in [-0.4, -0.2) is 32.1 Å². The first-order valence-corrected chi connectivity index (χ1v) is 5.70. The number of carboxylic acid groups (broad SMARTS) is 1. The lowest BCUT2D eigenvalue weighted by Gasteiger charge is -2.06. The molecule has 0 bridgehead atoms. The van der Waals surface area contributed by atoms with Crippen LogP contribution in [0.1, 0.15) is 20.8 Å². The second-order valence-electron chi connectivity index (χ2n) is 3.72. The molecule has 0 spiro atoms. The molecule has 0 saturated heterocycles. The average Bonchev–Trinajstić information content (AvgIpc) is 2.39. The lowest BCUT2D eigenvalue weighted by atomic mass is 10.2. The van der Waals surface area contributed by atoms with Gasteiger partial charge in [-0.1, -0.05) is 11.6 Å². The topological polar surface area (TPSA) is 112 Å². The molecule has 0 aliphatic rings. The van der Waals surface area contributed by atoms with Gasteiger partial charge in [-0.15, -0.1) is 0 Å². The summed E-state index contributed by atoms with van der Waals surface area (Å²) in [6.45, 7) is 0. The van der Waals surface area contributed by atoms with Gasteiger partial charge in [0, 0.05) is 11.8 Å². The summed E-state index contributed by atoms with van der Waals surface area (Å²) in [5.74, 6) is -2.27. The molecule has 0 atom stereocenters. The number of carbonyl (C=O) groups is 2. The normalized spacial score (nSPS) is 10.1. The zero-order valence-electron chi connectivity index (χ0n) is 9.87. The minimum atomic E-state index is -1.26. The number of nitrogens with zero attached hydrogens (tertiary/aromatic N) is 2. The standard InChI is InChI=1S/C12H8ClN3O4/c13-10-5-14-8(4-15-10)11(18)16-6-1-2-7(12(19)20)9(17)3-6/h1-5,17H,(H,16,18)(H,19,20). The highest BCUT2D eigenvalue weighted by atomic mass is 35.5. The van der Waals surface area contributed by atoms with Crippen LogP contribution in [0.15, 0.2) is 30.6 Å². The molecule has 0 aliphatic heterocycles. The molecule has 8 heteroatoms. The molecular weight excluding hydrogens is 286 g/mol. The van der Waals surface area contributed by atoms with E-state index in [0.717, 1.165) is 6.07 Å². The number of nitrogens with one attached hydrogen (secondary N) is 1. The van der Waals surface area contributed by atoms with E-state index < -0.39 is 17.6 Å². The van der Waals surface area contributed by atoms with Crippen molar-refractivity contribution in [1.29, 1.82) is 0 Å². The third-order valence-corrected chi connectivity index (χ3v) is 2.53. The van der Waals surface area contributed by atoms with Gasteiger partial charge in [0.25, 0.3) is 5.91 Å². The van der Waals surface area contributed by atoms with Crippen molar-refractivity contribution in [3.8, 4) is 5.75 Å². The quantitative estimate of drug-likeness (QED) is 0.795. The lowest BCUT2D eigenvalue weighted by Crippen LogP contribution is -2.14. The highest BCUT2D eigenvalue weighted by Crippen LogP contribution is 2.22. The maximum absolute atomic E-state index is 11.8.